The summed E-state index contributed by atoms with van der Waals surface area (Å²) in [4.78, 5) is 0. The first-order chi connectivity index (χ1) is 13.2. The van der Waals surface area contributed by atoms with Gasteiger partial charge in [0.15, 0.2) is 0 Å². The van der Waals surface area contributed by atoms with Crippen LogP contribution in [0, 0.1) is 41.4 Å². The number of halogens is 1. The fraction of sp³-hybridized carbons (Fsp3) is 0.923. The van der Waals surface area contributed by atoms with E-state index in [0.29, 0.717) is 11.8 Å². The van der Waals surface area contributed by atoms with Crippen molar-refractivity contribution in [1.82, 2.24) is 0 Å². The highest BCUT2D eigenvalue weighted by Crippen LogP contribution is 2.42. The van der Waals surface area contributed by atoms with Crippen molar-refractivity contribution in [2.75, 3.05) is 0 Å². The van der Waals surface area contributed by atoms with Crippen molar-refractivity contribution in [1.29, 1.82) is 0 Å². The van der Waals surface area contributed by atoms with Crippen molar-refractivity contribution < 1.29 is 4.39 Å². The van der Waals surface area contributed by atoms with Crippen LogP contribution in [0.25, 0.3) is 0 Å². The molecule has 0 nitrogen and oxygen atoms in total. The maximum absolute atomic E-state index is 13.2. The van der Waals surface area contributed by atoms with Gasteiger partial charge in [0, 0.05) is 11.8 Å². The van der Waals surface area contributed by atoms with Gasteiger partial charge in [0.2, 0.25) is 0 Å². The summed E-state index contributed by atoms with van der Waals surface area (Å²) in [5.74, 6) is 11.3. The van der Waals surface area contributed by atoms with Crippen LogP contribution in [-0.2, 0) is 0 Å². The van der Waals surface area contributed by atoms with Crippen LogP contribution in [0.5, 0.6) is 0 Å². The zero-order valence-electron chi connectivity index (χ0n) is 17.9. The van der Waals surface area contributed by atoms with Crippen LogP contribution in [0.1, 0.15) is 116 Å². The molecule has 0 aromatic rings. The predicted octanol–water partition coefficient (Wildman–Crippen LogP) is 8.10. The fourth-order valence-electron chi connectivity index (χ4n) is 5.98. The molecule has 3 fully saturated rings. The monoisotopic (exact) mass is 374 g/mol. The second-order valence-electron chi connectivity index (χ2n) is 9.98. The number of hydrogen-bond donors (Lipinski definition) is 0. The van der Waals surface area contributed by atoms with Crippen LogP contribution in [-0.4, -0.2) is 6.17 Å². The Labute approximate surface area is 168 Å². The summed E-state index contributed by atoms with van der Waals surface area (Å²) in [5.41, 5.74) is 0. The molecule has 0 unspecified atom stereocenters. The van der Waals surface area contributed by atoms with Gasteiger partial charge >= 0.3 is 0 Å². The van der Waals surface area contributed by atoms with Crippen molar-refractivity contribution in [2.45, 2.75) is 122 Å². The van der Waals surface area contributed by atoms with E-state index >= 15 is 0 Å². The van der Waals surface area contributed by atoms with Gasteiger partial charge in [-0.2, -0.15) is 0 Å². The van der Waals surface area contributed by atoms with Crippen LogP contribution in [0.4, 0.5) is 4.39 Å². The molecule has 3 aliphatic rings. The standard InChI is InChI=1S/C26H43F/c1-2-3-4-5-6-21-9-15-24(16-10-21)25-17-11-22(12-18-25)7-8-23-13-19-26(27)20-14-23/h21-26H,2-6,9-20H2,1H3. The molecule has 0 aliphatic heterocycles. The van der Waals surface area contributed by atoms with Crippen molar-refractivity contribution in [2.24, 2.45) is 29.6 Å². The van der Waals surface area contributed by atoms with E-state index in [0.717, 1.165) is 43.4 Å². The van der Waals surface area contributed by atoms with Crippen molar-refractivity contribution in [3.8, 4) is 11.8 Å². The first-order valence-corrected chi connectivity index (χ1v) is 12.4. The molecular weight excluding hydrogens is 331 g/mol. The lowest BCUT2D eigenvalue weighted by molar-refractivity contribution is 0.153. The van der Waals surface area contributed by atoms with E-state index in [1.807, 2.05) is 0 Å². The second kappa shape index (κ2) is 11.5. The lowest BCUT2D eigenvalue weighted by atomic mass is 9.68. The highest BCUT2D eigenvalue weighted by atomic mass is 19.1. The molecule has 0 bridgehead atoms. The van der Waals surface area contributed by atoms with Gasteiger partial charge in [-0.15, -0.1) is 0 Å². The number of rotatable bonds is 6. The lowest BCUT2D eigenvalue weighted by Crippen LogP contribution is -2.25. The van der Waals surface area contributed by atoms with Crippen molar-refractivity contribution >= 4 is 0 Å². The van der Waals surface area contributed by atoms with E-state index in [1.165, 1.54) is 83.5 Å². The smallest absolute Gasteiger partial charge is 0.100 e. The van der Waals surface area contributed by atoms with Gasteiger partial charge < -0.3 is 0 Å². The quantitative estimate of drug-likeness (QED) is 0.325. The minimum absolute atomic E-state index is 0.488. The Morgan fingerprint density at radius 2 is 1.15 bits per heavy atom. The SMILES string of the molecule is CCCCCCC1CCC(C2CCC(C#CC3CCC(F)CC3)CC2)CC1. The molecule has 0 N–H and O–H groups in total. The summed E-state index contributed by atoms with van der Waals surface area (Å²) in [5, 5.41) is 0. The van der Waals surface area contributed by atoms with Crippen LogP contribution >= 0.6 is 0 Å². The molecule has 0 atom stereocenters. The summed E-state index contributed by atoms with van der Waals surface area (Å²) < 4.78 is 13.2. The minimum Gasteiger partial charge on any atom is -0.247 e. The Kier molecular flexibility index (Phi) is 9.02. The summed E-state index contributed by atoms with van der Waals surface area (Å²) in [6.45, 7) is 2.31. The zero-order chi connectivity index (χ0) is 18.9. The summed E-state index contributed by atoms with van der Waals surface area (Å²) >= 11 is 0. The Balaban J connectivity index is 1.31. The van der Waals surface area contributed by atoms with E-state index in [2.05, 4.69) is 18.8 Å². The van der Waals surface area contributed by atoms with Crippen LogP contribution in [0.15, 0.2) is 0 Å². The Morgan fingerprint density at radius 3 is 1.70 bits per heavy atom. The Morgan fingerprint density at radius 1 is 0.630 bits per heavy atom. The number of unbranched alkanes of at least 4 members (excludes halogenated alkanes) is 3. The van der Waals surface area contributed by atoms with E-state index < -0.39 is 6.17 Å². The lowest BCUT2D eigenvalue weighted by Gasteiger charge is -2.37. The van der Waals surface area contributed by atoms with Gasteiger partial charge in [-0.3, -0.25) is 0 Å². The largest absolute Gasteiger partial charge is 0.247 e. The molecule has 0 heterocycles. The summed E-state index contributed by atoms with van der Waals surface area (Å²) in [6, 6.07) is 0. The summed E-state index contributed by atoms with van der Waals surface area (Å²) in [6.07, 6.45) is 21.7. The molecule has 154 valence electrons. The first kappa shape index (κ1) is 21.2. The molecular formula is C26H43F. The predicted molar refractivity (Wildman–Crippen MR) is 114 cm³/mol. The van der Waals surface area contributed by atoms with Gasteiger partial charge in [0.25, 0.3) is 0 Å². The zero-order valence-corrected chi connectivity index (χ0v) is 17.9. The molecule has 0 aromatic carbocycles. The van der Waals surface area contributed by atoms with Gasteiger partial charge in [0.1, 0.15) is 6.17 Å². The molecule has 0 aromatic heterocycles. The molecule has 0 radical (unpaired) electrons. The van der Waals surface area contributed by atoms with Crippen molar-refractivity contribution in [3.63, 3.8) is 0 Å². The van der Waals surface area contributed by atoms with Crippen LogP contribution in [0.2, 0.25) is 0 Å². The van der Waals surface area contributed by atoms with Crippen molar-refractivity contribution in [3.05, 3.63) is 0 Å². The maximum Gasteiger partial charge on any atom is 0.100 e. The Hall–Kier alpha value is -0.510. The minimum atomic E-state index is -0.551. The second-order valence-corrected chi connectivity index (χ2v) is 9.98. The first-order valence-electron chi connectivity index (χ1n) is 12.4. The molecule has 0 amide bonds. The Bertz CT molecular complexity index is 448. The highest BCUT2D eigenvalue weighted by Gasteiger charge is 2.30. The fourth-order valence-corrected chi connectivity index (χ4v) is 5.98. The molecule has 3 aliphatic carbocycles. The van der Waals surface area contributed by atoms with Gasteiger partial charge in [-0.05, 0) is 82.0 Å². The maximum atomic E-state index is 13.2. The molecule has 1 heteroatoms. The molecule has 3 saturated carbocycles. The average molecular weight is 375 g/mol. The molecule has 0 saturated heterocycles. The molecule has 0 spiro atoms. The third-order valence-corrected chi connectivity index (χ3v) is 7.94. The van der Waals surface area contributed by atoms with Gasteiger partial charge in [-0.25, -0.2) is 4.39 Å². The van der Waals surface area contributed by atoms with Gasteiger partial charge in [-0.1, -0.05) is 63.7 Å². The third-order valence-electron chi connectivity index (χ3n) is 7.94. The normalized spacial score (nSPS) is 37.4. The van der Waals surface area contributed by atoms with Gasteiger partial charge in [0.05, 0.1) is 0 Å². The van der Waals surface area contributed by atoms with E-state index in [-0.39, 0.29) is 0 Å². The topological polar surface area (TPSA) is 0 Å². The number of hydrogen-bond acceptors (Lipinski definition) is 0. The van der Waals surface area contributed by atoms with Crippen LogP contribution in [0.3, 0.4) is 0 Å². The summed E-state index contributed by atoms with van der Waals surface area (Å²) in [7, 11) is 0. The molecule has 27 heavy (non-hydrogen) atoms. The molecule has 3 rings (SSSR count). The van der Waals surface area contributed by atoms with E-state index in [1.54, 1.807) is 0 Å². The number of alkyl halides is 1. The van der Waals surface area contributed by atoms with Crippen LogP contribution < -0.4 is 0 Å². The highest BCUT2D eigenvalue weighted by molar-refractivity contribution is 5.09. The average Bonchev–Trinajstić information content (AvgIpc) is 2.72. The third kappa shape index (κ3) is 7.11. The van der Waals surface area contributed by atoms with E-state index in [4.69, 9.17) is 0 Å². The van der Waals surface area contributed by atoms with E-state index in [9.17, 15) is 4.39 Å².